The maximum atomic E-state index is 15.2. The molecule has 2 atom stereocenters. The number of rotatable bonds is 7. The zero-order valence-electron chi connectivity index (χ0n) is 20.8. The number of amides is 1. The van der Waals surface area contributed by atoms with Gasteiger partial charge in [-0.15, -0.1) is 0 Å². The van der Waals surface area contributed by atoms with Gasteiger partial charge in [-0.2, -0.15) is 13.1 Å². The van der Waals surface area contributed by atoms with Gasteiger partial charge < -0.3 is 24.8 Å². The molecule has 15 heteroatoms. The average molecular weight is 588 g/mol. The smallest absolute Gasteiger partial charge is 0.414 e. The summed E-state index contributed by atoms with van der Waals surface area (Å²) < 4.78 is 68.4. The number of sulfonamides is 1. The zero-order valence-corrected chi connectivity index (χ0v) is 22.4. The molecule has 2 N–H and O–H groups in total. The van der Waals surface area contributed by atoms with Crippen LogP contribution in [0.25, 0.3) is 0 Å². The minimum atomic E-state index is -3.85. The van der Waals surface area contributed by atoms with Gasteiger partial charge in [0.25, 0.3) is 5.92 Å². The fourth-order valence-corrected chi connectivity index (χ4v) is 6.38. The fourth-order valence-electron chi connectivity index (χ4n) is 4.75. The maximum Gasteiger partial charge on any atom is 0.414 e. The molecule has 1 unspecified atom stereocenters. The molecule has 0 radical (unpaired) electrons. The number of aliphatic hydroxyl groups is 1. The van der Waals surface area contributed by atoms with Crippen molar-refractivity contribution in [2.75, 3.05) is 68.8 Å². The van der Waals surface area contributed by atoms with Crippen LogP contribution in [0.5, 0.6) is 0 Å². The van der Waals surface area contributed by atoms with E-state index in [2.05, 4.69) is 10.3 Å². The van der Waals surface area contributed by atoms with E-state index in [-0.39, 0.29) is 73.9 Å². The summed E-state index contributed by atoms with van der Waals surface area (Å²) in [6.07, 6.45) is -2.58. The summed E-state index contributed by atoms with van der Waals surface area (Å²) in [5, 5.41) is 12.0. The number of aromatic nitrogens is 1. The van der Waals surface area contributed by atoms with Crippen LogP contribution in [0.1, 0.15) is 5.56 Å². The number of hydrogen-bond donors (Lipinski definition) is 2. The highest BCUT2D eigenvalue weighted by Gasteiger charge is 2.44. The fraction of sp³-hybridized carbons (Fsp3) is 0.500. The summed E-state index contributed by atoms with van der Waals surface area (Å²) in [4.78, 5) is 19.3. The molecule has 0 spiro atoms. The van der Waals surface area contributed by atoms with E-state index >= 15 is 8.78 Å². The molecular formula is C24H28ClF2N5O6S. The van der Waals surface area contributed by atoms with Gasteiger partial charge in [0.2, 0.25) is 10.0 Å². The molecule has 1 aromatic heterocycles. The number of nitrogens with one attached hydrogen (secondary N) is 1. The highest BCUT2D eigenvalue weighted by molar-refractivity contribution is 7.89. The molecule has 0 bridgehead atoms. The van der Waals surface area contributed by atoms with Gasteiger partial charge in [0.1, 0.15) is 23.2 Å². The van der Waals surface area contributed by atoms with Crippen LogP contribution in [-0.2, 0) is 25.4 Å². The van der Waals surface area contributed by atoms with Crippen molar-refractivity contribution in [2.45, 2.75) is 23.0 Å². The molecule has 212 valence electrons. The number of hydrogen-bond acceptors (Lipinski definition) is 9. The predicted molar refractivity (Wildman–Crippen MR) is 138 cm³/mol. The molecule has 3 saturated heterocycles. The van der Waals surface area contributed by atoms with Gasteiger partial charge in [0.05, 0.1) is 24.7 Å². The molecule has 3 aliphatic rings. The number of piperazine rings is 1. The van der Waals surface area contributed by atoms with E-state index in [0.29, 0.717) is 12.2 Å². The molecule has 4 heterocycles. The number of cyclic esters (lactones) is 1. The molecule has 5 rings (SSSR count). The highest BCUT2D eigenvalue weighted by atomic mass is 35.5. The first-order valence-corrected chi connectivity index (χ1v) is 14.2. The van der Waals surface area contributed by atoms with E-state index in [0.717, 1.165) is 6.07 Å². The van der Waals surface area contributed by atoms with Crippen molar-refractivity contribution in [3.05, 3.63) is 47.1 Å². The Morgan fingerprint density at radius 3 is 2.49 bits per heavy atom. The van der Waals surface area contributed by atoms with Gasteiger partial charge in [-0.3, -0.25) is 4.90 Å². The first-order chi connectivity index (χ1) is 18.6. The number of halogens is 3. The third-order valence-corrected chi connectivity index (χ3v) is 9.03. The summed E-state index contributed by atoms with van der Waals surface area (Å²) in [5.41, 5.74) is 0.141. The molecule has 0 saturated carbocycles. The van der Waals surface area contributed by atoms with Crippen molar-refractivity contribution in [1.29, 1.82) is 0 Å². The monoisotopic (exact) mass is 587 g/mol. The Morgan fingerprint density at radius 2 is 1.87 bits per heavy atom. The second-order valence-electron chi connectivity index (χ2n) is 9.41. The van der Waals surface area contributed by atoms with Gasteiger partial charge in [0.15, 0.2) is 0 Å². The highest BCUT2D eigenvalue weighted by Crippen LogP contribution is 2.37. The van der Waals surface area contributed by atoms with Crippen LogP contribution in [0.4, 0.5) is 25.1 Å². The number of anilines is 2. The van der Waals surface area contributed by atoms with Gasteiger partial charge in [-0.25, -0.2) is 18.2 Å². The van der Waals surface area contributed by atoms with Crippen LogP contribution in [0.3, 0.4) is 0 Å². The quantitative estimate of drug-likeness (QED) is 0.465. The van der Waals surface area contributed by atoms with E-state index in [1.807, 2.05) is 0 Å². The van der Waals surface area contributed by atoms with Gasteiger partial charge >= 0.3 is 6.09 Å². The van der Waals surface area contributed by atoms with Crippen LogP contribution in [0.15, 0.2) is 41.3 Å². The lowest BCUT2D eigenvalue weighted by atomic mass is 10.0. The van der Waals surface area contributed by atoms with Crippen molar-refractivity contribution in [3.63, 3.8) is 0 Å². The van der Waals surface area contributed by atoms with Crippen LogP contribution in [0, 0.1) is 0 Å². The predicted octanol–water partition coefficient (Wildman–Crippen LogP) is 1.64. The second kappa shape index (κ2) is 11.1. The number of aliphatic hydroxyl groups excluding tert-OH is 1. The molecule has 11 nitrogen and oxygen atoms in total. The van der Waals surface area contributed by atoms with Gasteiger partial charge in [-0.05, 0) is 36.4 Å². The summed E-state index contributed by atoms with van der Waals surface area (Å²) in [6, 6.07) is 8.23. The second-order valence-corrected chi connectivity index (χ2v) is 11.7. The molecular weight excluding hydrogens is 560 g/mol. The molecule has 0 aliphatic carbocycles. The number of alkyl halides is 2. The topological polar surface area (TPSA) is 125 Å². The molecule has 3 aliphatic heterocycles. The van der Waals surface area contributed by atoms with Crippen LogP contribution < -0.4 is 15.1 Å². The number of nitrogens with zero attached hydrogens (tertiary/aromatic N) is 4. The Balaban J connectivity index is 1.26. The van der Waals surface area contributed by atoms with Crippen LogP contribution >= 0.6 is 11.6 Å². The molecule has 2 aromatic rings. The number of benzene rings is 1. The largest absolute Gasteiger partial charge is 0.441 e. The molecule has 3 fully saturated rings. The standard InChI is InChI=1S/C24H28ClF2N5O6S/c25-21-11-16(24(26,27)20-13-28-5-10-37-20)12-22(29-21)30-6-8-31(9-7-30)39(35,36)19-3-1-17(2-4-19)32-14-18(15-33)38-23(32)34/h1-4,11-12,18,20,28,33H,5-10,13-15H2/t18?,20-/m0/s1. The first kappa shape index (κ1) is 27.9. The van der Waals surface area contributed by atoms with E-state index < -0.39 is 34.2 Å². The Morgan fingerprint density at radius 1 is 1.15 bits per heavy atom. The van der Waals surface area contributed by atoms with E-state index in [9.17, 15) is 18.3 Å². The van der Waals surface area contributed by atoms with Crippen molar-refractivity contribution < 1.29 is 36.6 Å². The van der Waals surface area contributed by atoms with Crippen molar-refractivity contribution >= 4 is 39.2 Å². The molecule has 1 aromatic carbocycles. The van der Waals surface area contributed by atoms with Crippen LogP contribution in [-0.4, -0.2) is 100 Å². The number of carbonyl (C=O) groups excluding carboxylic acids is 1. The maximum absolute atomic E-state index is 15.2. The third-order valence-electron chi connectivity index (χ3n) is 6.92. The molecule has 1 amide bonds. The normalized spacial score (nSPS) is 23.2. The number of ether oxygens (including phenoxy) is 2. The Labute approximate surface area is 229 Å². The summed E-state index contributed by atoms with van der Waals surface area (Å²) >= 11 is 6.10. The van der Waals surface area contributed by atoms with Gasteiger partial charge in [-0.1, -0.05) is 11.6 Å². The Kier molecular flexibility index (Phi) is 7.95. The summed E-state index contributed by atoms with van der Waals surface area (Å²) in [5.74, 6) is -3.06. The van der Waals surface area contributed by atoms with Crippen LogP contribution in [0.2, 0.25) is 5.15 Å². The lowest BCUT2D eigenvalue weighted by Crippen LogP contribution is -2.49. The van der Waals surface area contributed by atoms with Crippen molar-refractivity contribution in [3.8, 4) is 0 Å². The number of morpholine rings is 1. The SMILES string of the molecule is O=C1OC(CO)CN1c1ccc(S(=O)(=O)N2CCN(c3cc(C(F)(F)[C@@H]4CNCCO4)cc(Cl)n3)CC2)cc1. The third kappa shape index (κ3) is 5.67. The van der Waals surface area contributed by atoms with E-state index in [4.69, 9.17) is 21.1 Å². The summed E-state index contributed by atoms with van der Waals surface area (Å²) in [6.45, 7) is 1.21. The average Bonchev–Trinajstić information content (AvgIpc) is 3.34. The Hall–Kier alpha value is -2.62. The van der Waals surface area contributed by atoms with Gasteiger partial charge in [0, 0.05) is 50.5 Å². The molecule has 39 heavy (non-hydrogen) atoms. The van der Waals surface area contributed by atoms with E-state index in [1.165, 1.54) is 39.5 Å². The van der Waals surface area contributed by atoms with Crippen molar-refractivity contribution in [2.24, 2.45) is 0 Å². The summed E-state index contributed by atoms with van der Waals surface area (Å²) in [7, 11) is -3.85. The minimum Gasteiger partial charge on any atom is -0.441 e. The number of pyridine rings is 1. The Bertz CT molecular complexity index is 1300. The van der Waals surface area contributed by atoms with E-state index in [1.54, 1.807) is 4.90 Å². The first-order valence-electron chi connectivity index (χ1n) is 12.4. The number of carbonyl (C=O) groups is 1. The minimum absolute atomic E-state index is 0.00504. The lowest BCUT2D eigenvalue weighted by Gasteiger charge is -2.35. The van der Waals surface area contributed by atoms with Crippen molar-refractivity contribution in [1.82, 2.24) is 14.6 Å². The zero-order chi connectivity index (χ0) is 27.8. The lowest BCUT2D eigenvalue weighted by molar-refractivity contribution is -0.151.